The summed E-state index contributed by atoms with van der Waals surface area (Å²) in [5.74, 6) is 1.76. The van der Waals surface area contributed by atoms with Crippen LogP contribution in [0.15, 0.2) is 30.4 Å². The average molecular weight is 260 g/mol. The molecule has 2 aliphatic rings. The van der Waals surface area contributed by atoms with Crippen molar-refractivity contribution in [2.45, 2.75) is 18.9 Å². The van der Waals surface area contributed by atoms with Crippen molar-refractivity contribution in [3.05, 3.63) is 40.5 Å². The molecule has 0 bridgehead atoms. The van der Waals surface area contributed by atoms with Crippen LogP contribution < -0.4 is 10.1 Å². The van der Waals surface area contributed by atoms with Crippen LogP contribution in [0.5, 0.6) is 5.75 Å². The number of ether oxygens (including phenoxy) is 1. The van der Waals surface area contributed by atoms with Gasteiger partial charge in [-0.2, -0.15) is 0 Å². The summed E-state index contributed by atoms with van der Waals surface area (Å²) in [5, 5.41) is 14.4. The first-order valence-corrected chi connectivity index (χ1v) is 6.44. The van der Waals surface area contributed by atoms with Gasteiger partial charge in [-0.25, -0.2) is 0 Å². The van der Waals surface area contributed by atoms with Gasteiger partial charge in [0, 0.05) is 12.0 Å². The molecule has 3 rings (SSSR count). The van der Waals surface area contributed by atoms with Crippen molar-refractivity contribution in [2.24, 2.45) is 11.8 Å². The van der Waals surface area contributed by atoms with E-state index in [2.05, 4.69) is 17.5 Å². The largest absolute Gasteiger partial charge is 0.496 e. The molecule has 3 atom stereocenters. The van der Waals surface area contributed by atoms with Gasteiger partial charge in [0.15, 0.2) is 0 Å². The van der Waals surface area contributed by atoms with E-state index >= 15 is 0 Å². The van der Waals surface area contributed by atoms with Gasteiger partial charge >= 0.3 is 0 Å². The van der Waals surface area contributed by atoms with E-state index < -0.39 is 0 Å². The predicted molar refractivity (Wildman–Crippen MR) is 72.4 cm³/mol. The Kier molecular flexibility index (Phi) is 2.89. The van der Waals surface area contributed by atoms with E-state index in [1.54, 1.807) is 12.1 Å². The number of methoxy groups -OCH3 is 1. The van der Waals surface area contributed by atoms with Crippen LogP contribution in [0.3, 0.4) is 0 Å². The highest BCUT2D eigenvalue weighted by Gasteiger charge is 2.41. The zero-order valence-corrected chi connectivity index (χ0v) is 10.7. The van der Waals surface area contributed by atoms with E-state index in [-0.39, 0.29) is 10.6 Å². The van der Waals surface area contributed by atoms with Crippen LogP contribution in [0.25, 0.3) is 0 Å². The number of allylic oxidation sites excluding steroid dienone is 1. The Balaban J connectivity index is 1.80. The second-order valence-corrected chi connectivity index (χ2v) is 5.13. The summed E-state index contributed by atoms with van der Waals surface area (Å²) in [6.07, 6.45) is 6.66. The number of nitro benzene ring substituents is 1. The standard InChI is InChI=1S/C14H16N2O3/c1-19-10-5-6-12(14(8-10)16(17)18)15-13-7-9-3-2-4-11(9)13/h2,4-6,8-9,11,13,15H,3,7H2,1H3. The number of fused-ring (bicyclic) bond motifs is 1. The summed E-state index contributed by atoms with van der Waals surface area (Å²) in [6, 6.07) is 5.25. The number of benzene rings is 1. The summed E-state index contributed by atoms with van der Waals surface area (Å²) in [7, 11) is 1.51. The second-order valence-electron chi connectivity index (χ2n) is 5.13. The minimum absolute atomic E-state index is 0.0739. The summed E-state index contributed by atoms with van der Waals surface area (Å²) in [6.45, 7) is 0. The van der Waals surface area contributed by atoms with E-state index in [1.807, 2.05) is 0 Å². The number of hydrogen-bond acceptors (Lipinski definition) is 4. The molecule has 0 heterocycles. The third-order valence-corrected chi connectivity index (χ3v) is 4.11. The van der Waals surface area contributed by atoms with Gasteiger partial charge in [0.2, 0.25) is 0 Å². The highest BCUT2D eigenvalue weighted by molar-refractivity contribution is 5.64. The molecule has 1 N–H and O–H groups in total. The molecule has 100 valence electrons. The molecule has 0 radical (unpaired) electrons. The molecule has 1 aromatic carbocycles. The lowest BCUT2D eigenvalue weighted by atomic mass is 9.71. The Morgan fingerprint density at radius 2 is 2.32 bits per heavy atom. The Morgan fingerprint density at radius 1 is 1.47 bits per heavy atom. The molecular formula is C14H16N2O3. The Labute approximate surface area is 111 Å². The Bertz CT molecular complexity index is 541. The summed E-state index contributed by atoms with van der Waals surface area (Å²) in [5.41, 5.74) is 0.652. The van der Waals surface area contributed by atoms with Crippen molar-refractivity contribution in [3.63, 3.8) is 0 Å². The van der Waals surface area contributed by atoms with Crippen LogP contribution in [-0.4, -0.2) is 18.1 Å². The molecule has 0 saturated heterocycles. The topological polar surface area (TPSA) is 64.4 Å². The van der Waals surface area contributed by atoms with Gasteiger partial charge in [-0.3, -0.25) is 10.1 Å². The van der Waals surface area contributed by atoms with Gasteiger partial charge < -0.3 is 10.1 Å². The molecule has 5 heteroatoms. The van der Waals surface area contributed by atoms with Gasteiger partial charge in [-0.05, 0) is 30.9 Å². The van der Waals surface area contributed by atoms with Gasteiger partial charge in [0.1, 0.15) is 11.4 Å². The second kappa shape index (κ2) is 4.57. The summed E-state index contributed by atoms with van der Waals surface area (Å²) in [4.78, 5) is 10.7. The zero-order valence-electron chi connectivity index (χ0n) is 10.7. The van der Waals surface area contributed by atoms with Crippen LogP contribution in [0, 0.1) is 22.0 Å². The fourth-order valence-corrected chi connectivity index (χ4v) is 2.99. The van der Waals surface area contributed by atoms with Gasteiger partial charge in [0.25, 0.3) is 5.69 Å². The average Bonchev–Trinajstić information content (AvgIpc) is 2.77. The number of anilines is 1. The Morgan fingerprint density at radius 3 is 3.00 bits per heavy atom. The Hall–Kier alpha value is -2.04. The molecule has 19 heavy (non-hydrogen) atoms. The van der Waals surface area contributed by atoms with Crippen LogP contribution in [0.4, 0.5) is 11.4 Å². The van der Waals surface area contributed by atoms with E-state index in [4.69, 9.17) is 4.74 Å². The minimum Gasteiger partial charge on any atom is -0.496 e. The maximum absolute atomic E-state index is 11.1. The van der Waals surface area contributed by atoms with Crippen LogP contribution in [0.1, 0.15) is 12.8 Å². The van der Waals surface area contributed by atoms with Crippen molar-refractivity contribution in [1.82, 2.24) is 0 Å². The first kappa shape index (κ1) is 12.0. The SMILES string of the molecule is COc1ccc(NC2CC3CC=CC32)c([N+](=O)[O-])c1. The number of hydrogen-bond donors (Lipinski definition) is 1. The van der Waals surface area contributed by atoms with Crippen molar-refractivity contribution < 1.29 is 9.66 Å². The molecular weight excluding hydrogens is 244 g/mol. The van der Waals surface area contributed by atoms with Crippen molar-refractivity contribution in [1.29, 1.82) is 0 Å². The van der Waals surface area contributed by atoms with Gasteiger partial charge in [-0.15, -0.1) is 0 Å². The van der Waals surface area contributed by atoms with Crippen LogP contribution >= 0.6 is 0 Å². The number of rotatable bonds is 4. The molecule has 5 nitrogen and oxygen atoms in total. The van der Waals surface area contributed by atoms with E-state index in [1.165, 1.54) is 13.2 Å². The summed E-state index contributed by atoms with van der Waals surface area (Å²) < 4.78 is 5.03. The fourth-order valence-electron chi connectivity index (χ4n) is 2.99. The molecule has 0 amide bonds. The predicted octanol–water partition coefficient (Wildman–Crippen LogP) is 2.98. The monoisotopic (exact) mass is 260 g/mol. The van der Waals surface area contributed by atoms with E-state index in [0.29, 0.717) is 23.4 Å². The fraction of sp³-hybridized carbons (Fsp3) is 0.429. The number of nitro groups is 1. The first-order chi connectivity index (χ1) is 9.19. The lowest BCUT2D eigenvalue weighted by Crippen LogP contribution is -2.43. The van der Waals surface area contributed by atoms with Crippen molar-refractivity contribution in [3.8, 4) is 5.75 Å². The van der Waals surface area contributed by atoms with E-state index in [0.717, 1.165) is 18.8 Å². The minimum atomic E-state index is -0.370. The third-order valence-electron chi connectivity index (χ3n) is 4.11. The maximum atomic E-state index is 11.1. The normalized spacial score (nSPS) is 27.5. The zero-order chi connectivity index (χ0) is 13.4. The molecule has 1 aromatic rings. The highest BCUT2D eigenvalue weighted by Crippen LogP contribution is 2.45. The third kappa shape index (κ3) is 2.05. The van der Waals surface area contributed by atoms with Crippen molar-refractivity contribution >= 4 is 11.4 Å². The quantitative estimate of drug-likeness (QED) is 0.513. The highest BCUT2D eigenvalue weighted by atomic mass is 16.6. The van der Waals surface area contributed by atoms with Crippen molar-refractivity contribution in [2.75, 3.05) is 12.4 Å². The lowest BCUT2D eigenvalue weighted by molar-refractivity contribution is -0.384. The maximum Gasteiger partial charge on any atom is 0.296 e. The molecule has 3 unspecified atom stereocenters. The molecule has 0 aromatic heterocycles. The molecule has 2 aliphatic carbocycles. The summed E-state index contributed by atoms with van der Waals surface area (Å²) >= 11 is 0. The molecule has 1 fully saturated rings. The number of nitrogens with one attached hydrogen (secondary N) is 1. The van der Waals surface area contributed by atoms with Crippen LogP contribution in [-0.2, 0) is 0 Å². The lowest BCUT2D eigenvalue weighted by Gasteiger charge is -2.41. The van der Waals surface area contributed by atoms with Gasteiger partial charge in [0.05, 0.1) is 18.1 Å². The smallest absolute Gasteiger partial charge is 0.296 e. The molecule has 0 spiro atoms. The first-order valence-electron chi connectivity index (χ1n) is 6.44. The van der Waals surface area contributed by atoms with Crippen LogP contribution in [0.2, 0.25) is 0 Å². The molecule has 1 saturated carbocycles. The van der Waals surface area contributed by atoms with E-state index in [9.17, 15) is 10.1 Å². The molecule has 0 aliphatic heterocycles. The number of nitrogens with zero attached hydrogens (tertiary/aromatic N) is 1. The van der Waals surface area contributed by atoms with Gasteiger partial charge in [-0.1, -0.05) is 12.2 Å².